The predicted molar refractivity (Wildman–Crippen MR) is 46.6 cm³/mol. The van der Waals surface area contributed by atoms with E-state index in [0.717, 1.165) is 18.0 Å². The summed E-state index contributed by atoms with van der Waals surface area (Å²) in [5, 5.41) is 1.01. The highest BCUT2D eigenvalue weighted by atomic mass is 32.1. The molecular weight excluding hydrogens is 160 g/mol. The Labute approximate surface area is 70.2 Å². The van der Waals surface area contributed by atoms with Crippen LogP contribution in [0.25, 0.3) is 0 Å². The molecule has 0 bridgehead atoms. The summed E-state index contributed by atoms with van der Waals surface area (Å²) in [7, 11) is 4.06. The average molecular weight is 172 g/mol. The number of likely N-dealkylation sites (N-methyl/N-ethyl adjacent to an activating group) is 1. The van der Waals surface area contributed by atoms with Crippen molar-refractivity contribution in [2.24, 2.45) is 0 Å². The van der Waals surface area contributed by atoms with Gasteiger partial charge < -0.3 is 10.6 Å². The summed E-state index contributed by atoms with van der Waals surface area (Å²) in [6.45, 7) is 0.995. The topological polar surface area (TPSA) is 55.0 Å². The number of hydrogen-bond acceptors (Lipinski definition) is 5. The van der Waals surface area contributed by atoms with Gasteiger partial charge in [-0.1, -0.05) is 0 Å². The van der Waals surface area contributed by atoms with Crippen molar-refractivity contribution >= 4 is 17.5 Å². The Morgan fingerprint density at radius 3 is 2.73 bits per heavy atom. The first-order chi connectivity index (χ1) is 5.18. The Kier molecular flexibility index (Phi) is 2.78. The number of hydrogen-bond donors (Lipinski definition) is 1. The minimum Gasteiger partial charge on any atom is -0.367 e. The van der Waals surface area contributed by atoms with E-state index in [1.807, 2.05) is 14.1 Å². The van der Waals surface area contributed by atoms with E-state index >= 15 is 0 Å². The molecule has 1 rings (SSSR count). The molecule has 0 aliphatic heterocycles. The minimum atomic E-state index is 0.392. The molecule has 0 aromatic carbocycles. The quantitative estimate of drug-likeness (QED) is 0.709. The van der Waals surface area contributed by atoms with Crippen molar-refractivity contribution in [3.05, 3.63) is 5.01 Å². The highest BCUT2D eigenvalue weighted by molar-refractivity contribution is 7.05. The maximum absolute atomic E-state index is 5.36. The molecule has 0 atom stereocenters. The van der Waals surface area contributed by atoms with Gasteiger partial charge in [-0.2, -0.15) is 4.37 Å². The van der Waals surface area contributed by atoms with Gasteiger partial charge in [0, 0.05) is 13.0 Å². The van der Waals surface area contributed by atoms with Crippen LogP contribution < -0.4 is 5.73 Å². The van der Waals surface area contributed by atoms with Crippen LogP contribution in [0.1, 0.15) is 5.01 Å². The summed E-state index contributed by atoms with van der Waals surface area (Å²) in [6, 6.07) is 0. The fraction of sp³-hybridized carbons (Fsp3) is 0.667. The summed E-state index contributed by atoms with van der Waals surface area (Å²) < 4.78 is 3.88. The smallest absolute Gasteiger partial charge is 0.232 e. The SMILES string of the molecule is CN(C)CCc1nc(N)ns1. The standard InChI is InChI=1S/C6H12N4S/c1-10(2)4-3-5-8-6(7)9-11-5/h3-4H2,1-2H3,(H2,7,9). The molecule has 0 radical (unpaired) electrons. The molecule has 0 spiro atoms. The van der Waals surface area contributed by atoms with E-state index in [0.29, 0.717) is 5.95 Å². The van der Waals surface area contributed by atoms with Crippen LogP contribution in [-0.4, -0.2) is 34.9 Å². The molecule has 1 heterocycles. The molecule has 0 amide bonds. The van der Waals surface area contributed by atoms with E-state index in [1.165, 1.54) is 11.5 Å². The van der Waals surface area contributed by atoms with Crippen molar-refractivity contribution < 1.29 is 0 Å². The Bertz CT molecular complexity index is 220. The number of nitrogens with zero attached hydrogens (tertiary/aromatic N) is 3. The lowest BCUT2D eigenvalue weighted by molar-refractivity contribution is 0.413. The van der Waals surface area contributed by atoms with E-state index in [9.17, 15) is 0 Å². The molecule has 4 nitrogen and oxygen atoms in total. The zero-order chi connectivity index (χ0) is 8.27. The third-order valence-corrected chi connectivity index (χ3v) is 2.04. The lowest BCUT2D eigenvalue weighted by Crippen LogP contribution is -2.14. The van der Waals surface area contributed by atoms with Gasteiger partial charge in [-0.25, -0.2) is 4.98 Å². The number of aromatic nitrogens is 2. The molecule has 11 heavy (non-hydrogen) atoms. The van der Waals surface area contributed by atoms with Crippen molar-refractivity contribution in [2.45, 2.75) is 6.42 Å². The third kappa shape index (κ3) is 2.81. The van der Waals surface area contributed by atoms with Crippen molar-refractivity contribution in [3.63, 3.8) is 0 Å². The molecule has 0 aliphatic carbocycles. The van der Waals surface area contributed by atoms with Gasteiger partial charge >= 0.3 is 0 Å². The largest absolute Gasteiger partial charge is 0.367 e. The van der Waals surface area contributed by atoms with E-state index in [2.05, 4.69) is 14.3 Å². The van der Waals surface area contributed by atoms with Gasteiger partial charge in [-0.15, -0.1) is 0 Å². The number of rotatable bonds is 3. The molecule has 0 fully saturated rings. The van der Waals surface area contributed by atoms with Gasteiger partial charge in [-0.3, -0.25) is 0 Å². The maximum Gasteiger partial charge on any atom is 0.232 e. The highest BCUT2D eigenvalue weighted by Gasteiger charge is 2.00. The van der Waals surface area contributed by atoms with Crippen molar-refractivity contribution in [1.29, 1.82) is 0 Å². The van der Waals surface area contributed by atoms with Crippen LogP contribution in [0.2, 0.25) is 0 Å². The van der Waals surface area contributed by atoms with E-state index in [4.69, 9.17) is 5.73 Å². The monoisotopic (exact) mass is 172 g/mol. The van der Waals surface area contributed by atoms with E-state index in [-0.39, 0.29) is 0 Å². The molecule has 0 aliphatic rings. The fourth-order valence-corrected chi connectivity index (χ4v) is 1.25. The molecule has 5 heteroatoms. The van der Waals surface area contributed by atoms with Crippen LogP contribution in [0.15, 0.2) is 0 Å². The van der Waals surface area contributed by atoms with Gasteiger partial charge in [0.1, 0.15) is 5.01 Å². The van der Waals surface area contributed by atoms with Crippen LogP contribution in [0.5, 0.6) is 0 Å². The molecule has 2 N–H and O–H groups in total. The fourth-order valence-electron chi connectivity index (χ4n) is 0.689. The first kappa shape index (κ1) is 8.42. The van der Waals surface area contributed by atoms with E-state index in [1.54, 1.807) is 0 Å². The molecular formula is C6H12N4S. The Hall–Kier alpha value is -0.680. The van der Waals surface area contributed by atoms with Gasteiger partial charge in [0.15, 0.2) is 0 Å². The van der Waals surface area contributed by atoms with Crippen molar-refractivity contribution in [2.75, 3.05) is 26.4 Å². The molecule has 0 saturated heterocycles. The lowest BCUT2D eigenvalue weighted by atomic mass is 10.4. The molecule has 1 aromatic heterocycles. The van der Waals surface area contributed by atoms with Crippen LogP contribution >= 0.6 is 11.5 Å². The van der Waals surface area contributed by atoms with Crippen LogP contribution in [0, 0.1) is 0 Å². The Morgan fingerprint density at radius 2 is 2.27 bits per heavy atom. The molecule has 1 aromatic rings. The first-order valence-corrected chi connectivity index (χ1v) is 4.18. The normalized spacial score (nSPS) is 10.8. The number of nitrogens with two attached hydrogens (primary N) is 1. The zero-order valence-corrected chi connectivity index (χ0v) is 7.56. The molecule has 0 unspecified atom stereocenters. The summed E-state index contributed by atoms with van der Waals surface area (Å²) in [4.78, 5) is 6.15. The summed E-state index contributed by atoms with van der Waals surface area (Å²) in [6.07, 6.45) is 0.932. The second kappa shape index (κ2) is 3.64. The average Bonchev–Trinajstić information content (AvgIpc) is 2.31. The lowest BCUT2D eigenvalue weighted by Gasteiger charge is -2.05. The van der Waals surface area contributed by atoms with Gasteiger partial charge in [0.2, 0.25) is 5.95 Å². The highest BCUT2D eigenvalue weighted by Crippen LogP contribution is 2.05. The van der Waals surface area contributed by atoms with Crippen molar-refractivity contribution in [3.8, 4) is 0 Å². The second-order valence-corrected chi connectivity index (χ2v) is 3.44. The van der Waals surface area contributed by atoms with Gasteiger partial charge in [-0.05, 0) is 25.6 Å². The van der Waals surface area contributed by atoms with Gasteiger partial charge in [0.05, 0.1) is 0 Å². The number of nitrogen functional groups attached to an aromatic ring is 1. The third-order valence-electron chi connectivity index (χ3n) is 1.26. The van der Waals surface area contributed by atoms with Crippen molar-refractivity contribution in [1.82, 2.24) is 14.3 Å². The molecule has 0 saturated carbocycles. The van der Waals surface area contributed by atoms with Crippen LogP contribution in [-0.2, 0) is 6.42 Å². The zero-order valence-electron chi connectivity index (χ0n) is 6.74. The predicted octanol–water partition coefficient (Wildman–Crippen LogP) is 0.224. The summed E-state index contributed by atoms with van der Waals surface area (Å²) in [5.74, 6) is 0.392. The Morgan fingerprint density at radius 1 is 1.55 bits per heavy atom. The van der Waals surface area contributed by atoms with E-state index < -0.39 is 0 Å². The number of anilines is 1. The summed E-state index contributed by atoms with van der Waals surface area (Å²) >= 11 is 1.38. The Balaban J connectivity index is 2.39. The van der Waals surface area contributed by atoms with Crippen LogP contribution in [0.3, 0.4) is 0 Å². The first-order valence-electron chi connectivity index (χ1n) is 3.41. The summed E-state index contributed by atoms with van der Waals surface area (Å²) in [5.41, 5.74) is 5.36. The molecule has 62 valence electrons. The van der Waals surface area contributed by atoms with Gasteiger partial charge in [0.25, 0.3) is 0 Å². The minimum absolute atomic E-state index is 0.392. The second-order valence-electron chi connectivity index (χ2n) is 2.60. The van der Waals surface area contributed by atoms with Crippen LogP contribution in [0.4, 0.5) is 5.95 Å². The maximum atomic E-state index is 5.36.